The maximum atomic E-state index is 13.1. The number of thiol groups is 1. The van der Waals surface area contributed by atoms with Crippen LogP contribution in [0.5, 0.6) is 5.75 Å². The predicted molar refractivity (Wildman–Crippen MR) is 145 cm³/mol. The van der Waals surface area contributed by atoms with Gasteiger partial charge < -0.3 is 36.9 Å². The number of carboxylic acid groups (broad SMARTS) is 1. The Labute approximate surface area is 224 Å². The largest absolute Gasteiger partial charge is 0.508 e. The molecule has 3 aromatic rings. The van der Waals surface area contributed by atoms with E-state index >= 15 is 0 Å². The van der Waals surface area contributed by atoms with Crippen LogP contribution in [-0.2, 0) is 32.0 Å². The third-order valence-electron chi connectivity index (χ3n) is 5.95. The van der Waals surface area contributed by atoms with Crippen molar-refractivity contribution >= 4 is 47.2 Å². The molecule has 0 spiro atoms. The number of H-pyrrole nitrogens is 1. The fourth-order valence-electron chi connectivity index (χ4n) is 3.84. The highest BCUT2D eigenvalue weighted by Gasteiger charge is 2.30. The van der Waals surface area contributed by atoms with E-state index in [0.29, 0.717) is 11.1 Å². The van der Waals surface area contributed by atoms with Crippen LogP contribution in [0.1, 0.15) is 18.1 Å². The molecule has 3 amide bonds. The number of fused-ring (bicyclic) bond motifs is 1. The molecule has 3 rings (SSSR count). The van der Waals surface area contributed by atoms with Gasteiger partial charge in [0.2, 0.25) is 17.7 Å². The first-order valence-electron chi connectivity index (χ1n) is 11.9. The zero-order valence-corrected chi connectivity index (χ0v) is 21.6. The highest BCUT2D eigenvalue weighted by Crippen LogP contribution is 2.19. The lowest BCUT2D eigenvalue weighted by atomic mass is 10.0. The van der Waals surface area contributed by atoms with E-state index in [-0.39, 0.29) is 24.3 Å². The van der Waals surface area contributed by atoms with Gasteiger partial charge in [0.15, 0.2) is 0 Å². The van der Waals surface area contributed by atoms with Crippen molar-refractivity contribution in [2.24, 2.45) is 5.73 Å². The molecule has 38 heavy (non-hydrogen) atoms. The number of aliphatic carboxylic acids is 1. The molecule has 0 radical (unpaired) electrons. The van der Waals surface area contributed by atoms with Gasteiger partial charge in [-0.2, -0.15) is 12.6 Å². The third kappa shape index (κ3) is 7.49. The van der Waals surface area contributed by atoms with E-state index in [4.69, 9.17) is 5.73 Å². The van der Waals surface area contributed by atoms with Gasteiger partial charge in [0.25, 0.3) is 0 Å². The Morgan fingerprint density at radius 2 is 1.50 bits per heavy atom. The molecule has 202 valence electrons. The highest BCUT2D eigenvalue weighted by atomic mass is 32.1. The topological polar surface area (TPSA) is 187 Å². The number of carboxylic acids is 1. The van der Waals surface area contributed by atoms with E-state index in [2.05, 4.69) is 33.6 Å². The lowest BCUT2D eigenvalue weighted by Gasteiger charge is -2.24. The van der Waals surface area contributed by atoms with Crippen molar-refractivity contribution in [3.05, 3.63) is 65.9 Å². The number of phenolic OH excluding ortho intramolecular Hbond substituents is 1. The van der Waals surface area contributed by atoms with Crippen molar-refractivity contribution in [3.8, 4) is 5.75 Å². The molecular formula is C26H31N5O6S. The fourth-order valence-corrected chi connectivity index (χ4v) is 4.10. The molecule has 4 atom stereocenters. The summed E-state index contributed by atoms with van der Waals surface area (Å²) in [6.45, 7) is 1.47. The number of rotatable bonds is 12. The molecule has 0 fully saturated rings. The number of hydrogen-bond acceptors (Lipinski definition) is 7. The van der Waals surface area contributed by atoms with Crippen LogP contribution in [0, 0.1) is 0 Å². The second kappa shape index (κ2) is 13.0. The summed E-state index contributed by atoms with van der Waals surface area (Å²) in [4.78, 5) is 53.4. The van der Waals surface area contributed by atoms with Gasteiger partial charge in [-0.25, -0.2) is 4.79 Å². The minimum atomic E-state index is -1.26. The number of aromatic amines is 1. The zero-order chi connectivity index (χ0) is 27.8. The third-order valence-corrected chi connectivity index (χ3v) is 6.32. The van der Waals surface area contributed by atoms with Gasteiger partial charge in [-0.15, -0.1) is 0 Å². The number of carbonyl (C=O) groups excluding carboxylic acids is 3. The molecule has 2 aromatic carbocycles. The minimum Gasteiger partial charge on any atom is -0.508 e. The van der Waals surface area contributed by atoms with Gasteiger partial charge in [-0.1, -0.05) is 30.3 Å². The number of amides is 3. The Hall–Kier alpha value is -4.03. The summed E-state index contributed by atoms with van der Waals surface area (Å²) in [5, 5.41) is 27.7. The van der Waals surface area contributed by atoms with Crippen molar-refractivity contribution in [1.29, 1.82) is 0 Å². The predicted octanol–water partition coefficient (Wildman–Crippen LogP) is 0.475. The number of hydrogen-bond donors (Lipinski definition) is 8. The van der Waals surface area contributed by atoms with Gasteiger partial charge in [-0.05, 0) is 36.2 Å². The summed E-state index contributed by atoms with van der Waals surface area (Å²) in [6, 6.07) is 9.08. The number of aromatic nitrogens is 1. The van der Waals surface area contributed by atoms with Crippen molar-refractivity contribution < 1.29 is 29.4 Å². The molecule has 0 aliphatic heterocycles. The second-order valence-electron chi connectivity index (χ2n) is 8.93. The molecule has 0 saturated carbocycles. The van der Waals surface area contributed by atoms with E-state index in [1.165, 1.54) is 19.1 Å². The fraction of sp³-hybridized carbons (Fsp3) is 0.308. The van der Waals surface area contributed by atoms with Gasteiger partial charge in [0.05, 0.1) is 6.04 Å². The average Bonchev–Trinajstić information content (AvgIpc) is 3.30. The first kappa shape index (κ1) is 28.5. The van der Waals surface area contributed by atoms with Gasteiger partial charge in [0, 0.05) is 35.7 Å². The maximum Gasteiger partial charge on any atom is 0.326 e. The number of aromatic hydroxyl groups is 1. The number of phenols is 1. The Morgan fingerprint density at radius 3 is 2.13 bits per heavy atom. The number of benzene rings is 2. The summed E-state index contributed by atoms with van der Waals surface area (Å²) in [5.41, 5.74) is 7.83. The van der Waals surface area contributed by atoms with E-state index in [9.17, 15) is 29.4 Å². The molecular weight excluding hydrogens is 510 g/mol. The van der Waals surface area contributed by atoms with Crippen LogP contribution in [0.15, 0.2) is 54.7 Å². The number of nitrogens with one attached hydrogen (secondary N) is 4. The summed E-state index contributed by atoms with van der Waals surface area (Å²) >= 11 is 4.16. The van der Waals surface area contributed by atoms with E-state index < -0.39 is 47.9 Å². The van der Waals surface area contributed by atoms with Crippen molar-refractivity contribution in [2.75, 3.05) is 5.75 Å². The SMILES string of the molecule is CC(N)C(=O)NC(Cc1ccc(O)cc1)C(=O)NC(CS)C(=O)NC(Cc1c[nH]c2ccccc12)C(=O)O. The summed E-state index contributed by atoms with van der Waals surface area (Å²) < 4.78 is 0. The Balaban J connectivity index is 1.71. The minimum absolute atomic E-state index is 0.0201. The average molecular weight is 542 g/mol. The summed E-state index contributed by atoms with van der Waals surface area (Å²) in [5.74, 6) is -3.29. The van der Waals surface area contributed by atoms with Crippen LogP contribution in [0.2, 0.25) is 0 Å². The molecule has 11 nitrogen and oxygen atoms in total. The van der Waals surface area contributed by atoms with Crippen LogP contribution in [0.4, 0.5) is 0 Å². The van der Waals surface area contributed by atoms with Crippen LogP contribution in [0.25, 0.3) is 10.9 Å². The normalized spacial score (nSPS) is 14.2. The molecule has 8 N–H and O–H groups in total. The quantitative estimate of drug-likeness (QED) is 0.153. The molecule has 0 saturated heterocycles. The van der Waals surface area contributed by atoms with Crippen molar-refractivity contribution in [1.82, 2.24) is 20.9 Å². The Morgan fingerprint density at radius 1 is 0.895 bits per heavy atom. The van der Waals surface area contributed by atoms with E-state index in [0.717, 1.165) is 10.9 Å². The van der Waals surface area contributed by atoms with Crippen LogP contribution in [-0.4, -0.2) is 68.8 Å². The standard InChI is InChI=1S/C26H31N5O6S/c1-14(27)23(33)29-20(10-15-6-8-17(32)9-7-15)24(34)31-22(13-38)25(35)30-21(26(36)37)11-16-12-28-19-5-3-2-4-18(16)19/h2-9,12,14,20-22,28,32,38H,10-11,13,27H2,1H3,(H,29,33)(H,30,35)(H,31,34)(H,36,37). The lowest BCUT2D eigenvalue weighted by molar-refractivity contribution is -0.142. The van der Waals surface area contributed by atoms with Crippen molar-refractivity contribution in [2.45, 2.75) is 43.9 Å². The van der Waals surface area contributed by atoms with E-state index in [1.54, 1.807) is 18.3 Å². The summed E-state index contributed by atoms with van der Waals surface area (Å²) in [6.07, 6.45) is 1.77. The molecule has 1 heterocycles. The zero-order valence-electron chi connectivity index (χ0n) is 20.7. The number of para-hydroxylation sites is 1. The molecule has 4 unspecified atom stereocenters. The van der Waals surface area contributed by atoms with Crippen molar-refractivity contribution in [3.63, 3.8) is 0 Å². The molecule has 0 aliphatic carbocycles. The van der Waals surface area contributed by atoms with E-state index in [1.807, 2.05) is 24.3 Å². The number of carbonyl (C=O) groups is 4. The van der Waals surface area contributed by atoms with Crippen LogP contribution in [0.3, 0.4) is 0 Å². The first-order chi connectivity index (χ1) is 18.1. The Kier molecular flexibility index (Phi) is 9.74. The molecule has 1 aromatic heterocycles. The molecule has 12 heteroatoms. The molecule has 0 aliphatic rings. The highest BCUT2D eigenvalue weighted by molar-refractivity contribution is 7.80. The monoisotopic (exact) mass is 541 g/mol. The van der Waals surface area contributed by atoms with Gasteiger partial charge >= 0.3 is 5.97 Å². The maximum absolute atomic E-state index is 13.1. The Bertz CT molecular complexity index is 1290. The smallest absolute Gasteiger partial charge is 0.326 e. The summed E-state index contributed by atoms with van der Waals surface area (Å²) in [7, 11) is 0. The second-order valence-corrected chi connectivity index (χ2v) is 9.29. The van der Waals surface area contributed by atoms with Gasteiger partial charge in [0.1, 0.15) is 23.9 Å². The molecule has 0 bridgehead atoms. The first-order valence-corrected chi connectivity index (χ1v) is 12.6. The van der Waals surface area contributed by atoms with Crippen LogP contribution >= 0.6 is 12.6 Å². The van der Waals surface area contributed by atoms with Gasteiger partial charge in [-0.3, -0.25) is 14.4 Å². The lowest BCUT2D eigenvalue weighted by Crippen LogP contribution is -2.58. The van der Waals surface area contributed by atoms with Crippen LogP contribution < -0.4 is 21.7 Å². The number of nitrogens with two attached hydrogens (primary N) is 1.